The smallest absolute Gasteiger partial charge is 1.00 e. The maximum Gasteiger partial charge on any atom is 1.00 e. The van der Waals surface area contributed by atoms with E-state index in [0.29, 0.717) is 0 Å². The van der Waals surface area contributed by atoms with Crippen molar-refractivity contribution in [2.45, 2.75) is 13.8 Å². The Morgan fingerprint density at radius 2 is 1.86 bits per heavy atom. The van der Waals surface area contributed by atoms with E-state index in [1.165, 1.54) is 0 Å². The first-order chi connectivity index (χ1) is 2.64. The molecule has 38 valence electrons. The molecule has 0 aliphatic carbocycles. The topological polar surface area (TPSA) is 17.1 Å². The second-order valence-corrected chi connectivity index (χ2v) is 1.93. The van der Waals surface area contributed by atoms with Crippen LogP contribution in [0.5, 0.6) is 0 Å². The Labute approximate surface area is 73.0 Å². The Bertz CT molecular complexity index is 67.1. The van der Waals surface area contributed by atoms with Gasteiger partial charge < -0.3 is 1.43 Å². The van der Waals surface area contributed by atoms with Crippen LogP contribution >= 0.6 is 12.6 Å². The standard InChI is InChI=1S/C4H8OS.Na.H/c1-3(2)4(5)6;;/h3H,1-2H3,(H,5,6);;/q;+1;-1. The maximum absolute atomic E-state index is 10.0. The predicted molar refractivity (Wildman–Crippen MR) is 29.9 cm³/mol. The molecule has 7 heavy (non-hydrogen) atoms. The molecule has 0 spiro atoms. The average Bonchev–Trinajstić information content (AvgIpc) is 1.36. The first-order valence-corrected chi connectivity index (χ1v) is 2.32. The Balaban J connectivity index is -0.000000125. The van der Waals surface area contributed by atoms with Crippen LogP contribution in [0.15, 0.2) is 0 Å². The van der Waals surface area contributed by atoms with Crippen LogP contribution < -0.4 is 29.6 Å². The molecule has 0 saturated heterocycles. The molecule has 0 aromatic carbocycles. The molecule has 0 saturated carbocycles. The van der Waals surface area contributed by atoms with Crippen molar-refractivity contribution < 1.29 is 35.8 Å². The SMILES string of the molecule is CC(C)C(=O)S.[H-].[Na+]. The Kier molecular flexibility index (Phi) is 8.04. The van der Waals surface area contributed by atoms with Crippen molar-refractivity contribution >= 4 is 17.7 Å². The third-order valence-electron chi connectivity index (χ3n) is 0.494. The molecule has 0 heterocycles. The number of carbonyl (C=O) groups excluding carboxylic acids is 1. The summed E-state index contributed by atoms with van der Waals surface area (Å²) in [5.41, 5.74) is 0. The monoisotopic (exact) mass is 128 g/mol. The summed E-state index contributed by atoms with van der Waals surface area (Å²) in [6.45, 7) is 3.63. The van der Waals surface area contributed by atoms with E-state index in [2.05, 4.69) is 12.6 Å². The number of hydrogen-bond donors (Lipinski definition) is 1. The number of thiol groups is 1. The molecule has 0 atom stereocenters. The van der Waals surface area contributed by atoms with Gasteiger partial charge >= 0.3 is 29.6 Å². The first-order valence-electron chi connectivity index (χ1n) is 1.87. The van der Waals surface area contributed by atoms with Crippen LogP contribution in [0.25, 0.3) is 0 Å². The first kappa shape index (κ1) is 10.9. The molecule has 1 nitrogen and oxygen atoms in total. The van der Waals surface area contributed by atoms with Gasteiger partial charge in [-0.3, -0.25) is 4.79 Å². The van der Waals surface area contributed by atoms with Crippen molar-refractivity contribution in [3.05, 3.63) is 0 Å². The molecule has 0 N–H and O–H groups in total. The van der Waals surface area contributed by atoms with Crippen molar-refractivity contribution in [2.24, 2.45) is 5.92 Å². The Morgan fingerprint density at radius 1 is 1.71 bits per heavy atom. The largest absolute Gasteiger partial charge is 1.00 e. The second kappa shape index (κ2) is 5.16. The van der Waals surface area contributed by atoms with Crippen molar-refractivity contribution in [2.75, 3.05) is 0 Å². The molecule has 0 aromatic rings. The molecule has 0 aliphatic heterocycles. The van der Waals surface area contributed by atoms with Gasteiger partial charge in [-0.2, -0.15) is 0 Å². The zero-order valence-corrected chi connectivity index (χ0v) is 7.83. The van der Waals surface area contributed by atoms with Gasteiger partial charge in [-0.25, -0.2) is 0 Å². The average molecular weight is 128 g/mol. The normalized spacial score (nSPS) is 8.00. The van der Waals surface area contributed by atoms with E-state index in [9.17, 15) is 4.79 Å². The van der Waals surface area contributed by atoms with Crippen molar-refractivity contribution in [3.8, 4) is 0 Å². The van der Waals surface area contributed by atoms with Crippen LogP contribution in [0.3, 0.4) is 0 Å². The summed E-state index contributed by atoms with van der Waals surface area (Å²) >= 11 is 3.55. The summed E-state index contributed by atoms with van der Waals surface area (Å²) in [5, 5.41) is -0.0463. The van der Waals surface area contributed by atoms with Crippen LogP contribution in [0.1, 0.15) is 15.3 Å². The zero-order chi connectivity index (χ0) is 5.15. The van der Waals surface area contributed by atoms with E-state index < -0.39 is 0 Å². The van der Waals surface area contributed by atoms with Gasteiger partial charge in [0.1, 0.15) is 0 Å². The van der Waals surface area contributed by atoms with Crippen molar-refractivity contribution in [3.63, 3.8) is 0 Å². The molecule has 0 radical (unpaired) electrons. The molecule has 3 heteroatoms. The third-order valence-corrected chi connectivity index (χ3v) is 1.01. The van der Waals surface area contributed by atoms with E-state index in [1.807, 2.05) is 13.8 Å². The summed E-state index contributed by atoms with van der Waals surface area (Å²) in [5.74, 6) is 0.0772. The van der Waals surface area contributed by atoms with Crippen molar-refractivity contribution in [1.82, 2.24) is 0 Å². The third kappa shape index (κ3) is 7.02. The fourth-order valence-electron chi connectivity index (χ4n) is 0. The van der Waals surface area contributed by atoms with E-state index in [1.54, 1.807) is 0 Å². The van der Waals surface area contributed by atoms with Crippen LogP contribution in [-0.4, -0.2) is 5.12 Å². The predicted octanol–water partition coefficient (Wildman–Crippen LogP) is -1.78. The minimum absolute atomic E-state index is 0. The van der Waals surface area contributed by atoms with E-state index in [0.717, 1.165) is 0 Å². The van der Waals surface area contributed by atoms with Crippen molar-refractivity contribution in [1.29, 1.82) is 0 Å². The fourth-order valence-corrected chi connectivity index (χ4v) is 0. The van der Waals surface area contributed by atoms with Gasteiger partial charge in [0.15, 0.2) is 5.12 Å². The summed E-state index contributed by atoms with van der Waals surface area (Å²) in [4.78, 5) is 10.0. The molecule has 0 bridgehead atoms. The fraction of sp³-hybridized carbons (Fsp3) is 0.750. The number of hydrogen-bond acceptors (Lipinski definition) is 1. The van der Waals surface area contributed by atoms with Gasteiger partial charge in [0, 0.05) is 5.92 Å². The minimum atomic E-state index is -0.0463. The summed E-state index contributed by atoms with van der Waals surface area (Å²) < 4.78 is 0. The van der Waals surface area contributed by atoms with Crippen LogP contribution in [0, 0.1) is 5.92 Å². The van der Waals surface area contributed by atoms with E-state index >= 15 is 0 Å². The Hall–Kier alpha value is 1.02. The van der Waals surface area contributed by atoms with Gasteiger partial charge in [0.25, 0.3) is 0 Å². The zero-order valence-electron chi connectivity index (χ0n) is 5.93. The van der Waals surface area contributed by atoms with Crippen LogP contribution in [-0.2, 0) is 4.79 Å². The molecule has 0 unspecified atom stereocenters. The van der Waals surface area contributed by atoms with Gasteiger partial charge in [0.2, 0.25) is 0 Å². The molecular weight excluding hydrogens is 119 g/mol. The number of rotatable bonds is 1. The molecule has 0 rings (SSSR count). The van der Waals surface area contributed by atoms with E-state index in [-0.39, 0.29) is 42.0 Å². The second-order valence-electron chi connectivity index (χ2n) is 1.49. The van der Waals surface area contributed by atoms with Gasteiger partial charge in [-0.05, 0) is 0 Å². The molecule has 0 amide bonds. The van der Waals surface area contributed by atoms with Gasteiger partial charge in [-0.15, -0.1) is 12.6 Å². The summed E-state index contributed by atoms with van der Waals surface area (Å²) in [7, 11) is 0. The summed E-state index contributed by atoms with van der Waals surface area (Å²) in [6.07, 6.45) is 0. The molecular formula is C4H9NaOS. The van der Waals surface area contributed by atoms with Gasteiger partial charge in [-0.1, -0.05) is 13.8 Å². The molecule has 0 aliphatic rings. The molecule has 0 aromatic heterocycles. The summed E-state index contributed by atoms with van der Waals surface area (Å²) in [6, 6.07) is 0. The van der Waals surface area contributed by atoms with E-state index in [4.69, 9.17) is 0 Å². The number of carbonyl (C=O) groups is 1. The quantitative estimate of drug-likeness (QED) is 0.326. The Morgan fingerprint density at radius 3 is 1.86 bits per heavy atom. The maximum atomic E-state index is 10.0. The minimum Gasteiger partial charge on any atom is -1.00 e. The van der Waals surface area contributed by atoms with Crippen LogP contribution in [0.2, 0.25) is 0 Å². The van der Waals surface area contributed by atoms with Gasteiger partial charge in [0.05, 0.1) is 0 Å². The van der Waals surface area contributed by atoms with Crippen LogP contribution in [0.4, 0.5) is 0 Å². The molecule has 0 fully saturated rings.